The van der Waals surface area contributed by atoms with E-state index in [4.69, 9.17) is 9.47 Å². The molecule has 2 heterocycles. The highest BCUT2D eigenvalue weighted by atomic mass is 16.6. The van der Waals surface area contributed by atoms with Gasteiger partial charge in [-0.25, -0.2) is 9.59 Å². The molecule has 0 aromatic carbocycles. The van der Waals surface area contributed by atoms with Gasteiger partial charge in [-0.2, -0.15) is 0 Å². The zero-order valence-corrected chi connectivity index (χ0v) is 9.71. The molecule has 0 aromatic rings. The topological polar surface area (TPSA) is 61.8 Å². The van der Waals surface area contributed by atoms with Crippen LogP contribution in [0, 0.1) is 0 Å². The normalized spacial score (nSPS) is 27.3. The fourth-order valence-corrected chi connectivity index (χ4v) is 1.82. The van der Waals surface area contributed by atoms with E-state index in [1.54, 1.807) is 6.08 Å². The highest BCUT2D eigenvalue weighted by Gasteiger charge is 2.32. The molecule has 92 valence electrons. The highest BCUT2D eigenvalue weighted by Crippen LogP contribution is 2.27. The van der Waals surface area contributed by atoms with Crippen molar-refractivity contribution in [2.45, 2.75) is 31.7 Å². The first-order chi connectivity index (χ1) is 8.11. The minimum Gasteiger partial charge on any atom is -0.466 e. The van der Waals surface area contributed by atoms with Gasteiger partial charge in [0.25, 0.3) is 0 Å². The SMILES string of the molecule is COC(=O)[C@H](C)OC(=O)C1=CC[C@H]2C=C[C@@H]1O2. The number of carbonyl (C=O) groups is 2. The Kier molecular flexibility index (Phi) is 3.28. The Morgan fingerprint density at radius 1 is 1.47 bits per heavy atom. The molecule has 0 saturated heterocycles. The van der Waals surface area contributed by atoms with Gasteiger partial charge in [-0.15, -0.1) is 0 Å². The van der Waals surface area contributed by atoms with Gasteiger partial charge in [0, 0.05) is 0 Å². The molecule has 0 fully saturated rings. The summed E-state index contributed by atoms with van der Waals surface area (Å²) in [7, 11) is 1.25. The van der Waals surface area contributed by atoms with Crippen LogP contribution < -0.4 is 0 Å². The average Bonchev–Trinajstić information content (AvgIpc) is 2.69. The maximum Gasteiger partial charge on any atom is 0.346 e. The second-order valence-electron chi connectivity index (χ2n) is 3.95. The Labute approximate surface area is 99.0 Å². The summed E-state index contributed by atoms with van der Waals surface area (Å²) in [6, 6.07) is 0. The van der Waals surface area contributed by atoms with E-state index in [0.717, 1.165) is 0 Å². The Bertz CT molecular complexity index is 396. The van der Waals surface area contributed by atoms with Gasteiger partial charge >= 0.3 is 11.9 Å². The summed E-state index contributed by atoms with van der Waals surface area (Å²) >= 11 is 0. The third-order valence-electron chi connectivity index (χ3n) is 2.75. The van der Waals surface area contributed by atoms with E-state index in [1.165, 1.54) is 14.0 Å². The highest BCUT2D eigenvalue weighted by molar-refractivity contribution is 5.92. The van der Waals surface area contributed by atoms with Crippen molar-refractivity contribution >= 4 is 11.9 Å². The van der Waals surface area contributed by atoms with Crippen LogP contribution in [-0.4, -0.2) is 37.4 Å². The summed E-state index contributed by atoms with van der Waals surface area (Å²) < 4.78 is 15.0. The Hall–Kier alpha value is -1.62. The van der Waals surface area contributed by atoms with Crippen LogP contribution in [0.25, 0.3) is 0 Å². The zero-order chi connectivity index (χ0) is 12.4. The van der Waals surface area contributed by atoms with E-state index in [0.29, 0.717) is 12.0 Å². The molecule has 2 bridgehead atoms. The molecule has 0 radical (unpaired) electrons. The van der Waals surface area contributed by atoms with Crippen molar-refractivity contribution in [2.75, 3.05) is 7.11 Å². The largest absolute Gasteiger partial charge is 0.466 e. The molecule has 5 nitrogen and oxygen atoms in total. The van der Waals surface area contributed by atoms with E-state index in [9.17, 15) is 9.59 Å². The van der Waals surface area contributed by atoms with Crippen LogP contribution >= 0.6 is 0 Å². The van der Waals surface area contributed by atoms with Crippen LogP contribution in [0.2, 0.25) is 0 Å². The van der Waals surface area contributed by atoms with Crippen LogP contribution in [0.4, 0.5) is 0 Å². The number of fused-ring (bicyclic) bond motifs is 2. The third kappa shape index (κ3) is 2.39. The Morgan fingerprint density at radius 3 is 2.94 bits per heavy atom. The molecule has 0 N–H and O–H groups in total. The maximum absolute atomic E-state index is 11.8. The summed E-state index contributed by atoms with van der Waals surface area (Å²) in [6.07, 6.45) is 5.02. The summed E-state index contributed by atoms with van der Waals surface area (Å²) in [5.41, 5.74) is 0.450. The monoisotopic (exact) mass is 238 g/mol. The predicted octanol–water partition coefficient (Wildman–Crippen LogP) is 0.745. The molecule has 2 aliphatic heterocycles. The van der Waals surface area contributed by atoms with E-state index in [-0.39, 0.29) is 12.2 Å². The summed E-state index contributed by atoms with van der Waals surface area (Å²) in [5.74, 6) is -1.10. The summed E-state index contributed by atoms with van der Waals surface area (Å²) in [5, 5.41) is 0. The lowest BCUT2D eigenvalue weighted by atomic mass is 10.1. The van der Waals surface area contributed by atoms with Crippen molar-refractivity contribution in [3.8, 4) is 0 Å². The van der Waals surface area contributed by atoms with Gasteiger partial charge in [-0.05, 0) is 13.3 Å². The molecule has 0 saturated carbocycles. The molecule has 5 heteroatoms. The molecule has 0 spiro atoms. The van der Waals surface area contributed by atoms with Crippen molar-refractivity contribution in [3.63, 3.8) is 0 Å². The van der Waals surface area contributed by atoms with E-state index < -0.39 is 18.0 Å². The lowest BCUT2D eigenvalue weighted by Crippen LogP contribution is -2.30. The third-order valence-corrected chi connectivity index (χ3v) is 2.75. The van der Waals surface area contributed by atoms with Crippen molar-refractivity contribution in [1.82, 2.24) is 0 Å². The lowest BCUT2D eigenvalue weighted by Gasteiger charge is -2.21. The van der Waals surface area contributed by atoms with Crippen molar-refractivity contribution in [2.24, 2.45) is 0 Å². The van der Waals surface area contributed by atoms with Gasteiger partial charge in [0.05, 0.1) is 18.8 Å². The molecule has 3 atom stereocenters. The van der Waals surface area contributed by atoms with E-state index in [1.807, 2.05) is 12.2 Å². The Morgan fingerprint density at radius 2 is 2.24 bits per heavy atom. The molecular formula is C12H14O5. The molecule has 0 amide bonds. The molecular weight excluding hydrogens is 224 g/mol. The van der Waals surface area contributed by atoms with Crippen LogP contribution in [0.3, 0.4) is 0 Å². The smallest absolute Gasteiger partial charge is 0.346 e. The van der Waals surface area contributed by atoms with Gasteiger partial charge in [0.15, 0.2) is 6.10 Å². The molecule has 0 unspecified atom stereocenters. The molecule has 2 aliphatic rings. The number of hydrogen-bond acceptors (Lipinski definition) is 5. The fourth-order valence-electron chi connectivity index (χ4n) is 1.82. The molecule has 17 heavy (non-hydrogen) atoms. The molecule has 2 rings (SSSR count). The molecule has 0 aliphatic carbocycles. The summed E-state index contributed by atoms with van der Waals surface area (Å²) in [4.78, 5) is 22.9. The Balaban J connectivity index is 1.99. The van der Waals surface area contributed by atoms with Gasteiger partial charge in [0.2, 0.25) is 0 Å². The van der Waals surface area contributed by atoms with Crippen molar-refractivity contribution in [1.29, 1.82) is 0 Å². The van der Waals surface area contributed by atoms with E-state index >= 15 is 0 Å². The number of methoxy groups -OCH3 is 1. The van der Waals surface area contributed by atoms with Crippen LogP contribution in [0.5, 0.6) is 0 Å². The first kappa shape index (κ1) is 11.9. The quantitative estimate of drug-likeness (QED) is 0.536. The van der Waals surface area contributed by atoms with Crippen molar-refractivity contribution < 1.29 is 23.8 Å². The van der Waals surface area contributed by atoms with Gasteiger partial charge < -0.3 is 14.2 Å². The zero-order valence-electron chi connectivity index (χ0n) is 9.71. The van der Waals surface area contributed by atoms with Gasteiger partial charge in [-0.1, -0.05) is 18.2 Å². The first-order valence-electron chi connectivity index (χ1n) is 5.44. The van der Waals surface area contributed by atoms with Crippen LogP contribution in [0.1, 0.15) is 13.3 Å². The van der Waals surface area contributed by atoms with E-state index in [2.05, 4.69) is 4.74 Å². The second-order valence-corrected chi connectivity index (χ2v) is 3.95. The number of rotatable bonds is 3. The minimum atomic E-state index is -0.906. The van der Waals surface area contributed by atoms with Gasteiger partial charge in [-0.3, -0.25) is 0 Å². The number of carbonyl (C=O) groups excluding carboxylic acids is 2. The number of ether oxygens (including phenoxy) is 3. The summed E-state index contributed by atoms with van der Waals surface area (Å²) in [6.45, 7) is 1.47. The fraction of sp³-hybridized carbons (Fsp3) is 0.500. The van der Waals surface area contributed by atoms with Crippen LogP contribution in [-0.2, 0) is 23.8 Å². The second kappa shape index (κ2) is 4.71. The predicted molar refractivity (Wildman–Crippen MR) is 58.1 cm³/mol. The average molecular weight is 238 g/mol. The van der Waals surface area contributed by atoms with Crippen LogP contribution in [0.15, 0.2) is 23.8 Å². The number of hydrogen-bond donors (Lipinski definition) is 0. The maximum atomic E-state index is 11.8. The molecule has 0 aromatic heterocycles. The standard InChI is InChI=1S/C12H14O5/c1-7(11(13)15-2)16-12(14)9-5-3-8-4-6-10(9)17-8/h4-8,10H,3H2,1-2H3/t7-,8-,10-/m0/s1. The minimum absolute atomic E-state index is 0.0644. The van der Waals surface area contributed by atoms with Crippen molar-refractivity contribution in [3.05, 3.63) is 23.8 Å². The van der Waals surface area contributed by atoms with Gasteiger partial charge in [0.1, 0.15) is 6.10 Å². The number of esters is 2. The lowest BCUT2D eigenvalue weighted by molar-refractivity contribution is -0.163. The first-order valence-corrected chi connectivity index (χ1v) is 5.44.